The molecule has 3 aromatic rings. The Morgan fingerprint density at radius 1 is 1.08 bits per heavy atom. The van der Waals surface area contributed by atoms with Gasteiger partial charge in [-0.15, -0.1) is 0 Å². The van der Waals surface area contributed by atoms with Crippen LogP contribution in [0.2, 0.25) is 0 Å². The highest BCUT2D eigenvalue weighted by Gasteiger charge is 2.48. The van der Waals surface area contributed by atoms with Gasteiger partial charge in [0.2, 0.25) is 0 Å². The normalized spacial score (nSPS) is 12.7. The summed E-state index contributed by atoms with van der Waals surface area (Å²) in [5.74, 6) is -1.48. The first-order valence-electron chi connectivity index (χ1n) is 11.8. The van der Waals surface area contributed by atoms with Gasteiger partial charge in [0.1, 0.15) is 11.6 Å². The molecule has 0 spiro atoms. The second-order valence-corrected chi connectivity index (χ2v) is 11.9. The summed E-state index contributed by atoms with van der Waals surface area (Å²) >= 11 is 0. The van der Waals surface area contributed by atoms with Crippen LogP contribution in [0.4, 0.5) is 22.4 Å². The van der Waals surface area contributed by atoms with Gasteiger partial charge < -0.3 is 13.9 Å². The Balaban J connectivity index is 2.49. The second-order valence-electron chi connectivity index (χ2n) is 10.4. The molecule has 0 saturated carbocycles. The van der Waals surface area contributed by atoms with Gasteiger partial charge >= 0.3 is 21.7 Å². The third kappa shape index (κ3) is 6.35. The van der Waals surface area contributed by atoms with Gasteiger partial charge in [0.05, 0.1) is 6.54 Å². The minimum absolute atomic E-state index is 0.00643. The summed E-state index contributed by atoms with van der Waals surface area (Å²) in [6.45, 7) is 8.40. The van der Waals surface area contributed by atoms with Crippen LogP contribution in [0.5, 0.6) is 5.75 Å². The first-order valence-corrected chi connectivity index (χ1v) is 13.2. The van der Waals surface area contributed by atoms with Crippen molar-refractivity contribution in [1.29, 1.82) is 0 Å². The van der Waals surface area contributed by atoms with E-state index in [1.165, 1.54) is 22.8 Å². The van der Waals surface area contributed by atoms with E-state index in [9.17, 15) is 40.7 Å². The number of benzene rings is 2. The Bertz CT molecular complexity index is 1570. The SMILES string of the molecule is CC(C)Cn1c(CN(C(=O)O)C(C)(C)C)c(-c2cccc(F)c2)c2cc(OS(=O)(=O)C(F)(F)F)ccc2c1=O. The maximum atomic E-state index is 14.4. The molecule has 13 heteroatoms. The summed E-state index contributed by atoms with van der Waals surface area (Å²) in [6, 6.07) is 8.16. The average molecular weight is 573 g/mol. The number of rotatable bonds is 7. The molecule has 0 bridgehead atoms. The number of amides is 1. The standard InChI is InChI=1S/C26H28F4N2O6S/c1-15(2)13-31-21(14-32(24(34)35)25(3,4)5)22(16-7-6-8-17(27)11-16)20-12-18(9-10-19(20)23(31)33)38-39(36,37)26(28,29)30/h6-12,15H,13-14H2,1-5H3,(H,34,35). The molecule has 1 aromatic heterocycles. The highest BCUT2D eigenvalue weighted by atomic mass is 32.2. The van der Waals surface area contributed by atoms with Gasteiger partial charge in [0.25, 0.3) is 5.56 Å². The van der Waals surface area contributed by atoms with Crippen LogP contribution in [0, 0.1) is 11.7 Å². The van der Waals surface area contributed by atoms with Crippen LogP contribution in [0.15, 0.2) is 47.3 Å². The summed E-state index contributed by atoms with van der Waals surface area (Å²) in [4.78, 5) is 27.0. The van der Waals surface area contributed by atoms with Gasteiger partial charge in [0.15, 0.2) is 0 Å². The molecule has 1 amide bonds. The predicted octanol–water partition coefficient (Wildman–Crippen LogP) is 5.97. The lowest BCUT2D eigenvalue weighted by atomic mass is 9.95. The number of carboxylic acid groups (broad SMARTS) is 1. The summed E-state index contributed by atoms with van der Waals surface area (Å²) in [6.07, 6.45) is -1.30. The molecule has 1 heterocycles. The molecule has 0 atom stereocenters. The van der Waals surface area contributed by atoms with Gasteiger partial charge in [-0.1, -0.05) is 26.0 Å². The largest absolute Gasteiger partial charge is 0.534 e. The van der Waals surface area contributed by atoms with Crippen LogP contribution in [0.3, 0.4) is 0 Å². The fraction of sp³-hybridized carbons (Fsp3) is 0.385. The van der Waals surface area contributed by atoms with Crippen molar-refractivity contribution in [3.63, 3.8) is 0 Å². The number of fused-ring (bicyclic) bond motifs is 1. The maximum absolute atomic E-state index is 14.4. The molecule has 2 aromatic carbocycles. The van der Waals surface area contributed by atoms with Crippen LogP contribution >= 0.6 is 0 Å². The van der Waals surface area contributed by atoms with Crippen LogP contribution in [0.25, 0.3) is 21.9 Å². The first-order chi connectivity index (χ1) is 17.8. The number of hydrogen-bond acceptors (Lipinski definition) is 5. The van der Waals surface area contributed by atoms with E-state index in [4.69, 9.17) is 0 Å². The number of hydrogen-bond donors (Lipinski definition) is 1. The number of aromatic nitrogens is 1. The van der Waals surface area contributed by atoms with Gasteiger partial charge in [-0.2, -0.15) is 21.6 Å². The van der Waals surface area contributed by atoms with Crippen LogP contribution in [-0.4, -0.2) is 40.1 Å². The highest BCUT2D eigenvalue weighted by Crippen LogP contribution is 2.36. The molecule has 0 aliphatic heterocycles. The van der Waals surface area contributed by atoms with Crippen molar-refractivity contribution in [1.82, 2.24) is 9.47 Å². The molecule has 0 saturated heterocycles. The number of pyridine rings is 1. The zero-order valence-corrected chi connectivity index (χ0v) is 22.7. The molecule has 0 radical (unpaired) electrons. The Kier molecular flexibility index (Phi) is 8.07. The Morgan fingerprint density at radius 3 is 2.23 bits per heavy atom. The maximum Gasteiger partial charge on any atom is 0.534 e. The molecule has 39 heavy (non-hydrogen) atoms. The zero-order chi connectivity index (χ0) is 29.5. The fourth-order valence-electron chi connectivity index (χ4n) is 4.13. The number of carbonyl (C=O) groups is 1. The molecule has 1 N–H and O–H groups in total. The summed E-state index contributed by atoms with van der Waals surface area (Å²) in [7, 11) is -6.03. The van der Waals surface area contributed by atoms with Gasteiger partial charge in [-0.25, -0.2) is 9.18 Å². The number of halogens is 4. The van der Waals surface area contributed by atoms with Crippen molar-refractivity contribution < 1.29 is 40.1 Å². The summed E-state index contributed by atoms with van der Waals surface area (Å²) in [5.41, 5.74) is -6.73. The van der Waals surface area contributed by atoms with Crippen molar-refractivity contribution >= 4 is 27.0 Å². The molecule has 0 aliphatic rings. The third-order valence-corrected chi connectivity index (χ3v) is 6.83. The fourth-order valence-corrected chi connectivity index (χ4v) is 4.58. The lowest BCUT2D eigenvalue weighted by Crippen LogP contribution is -2.45. The van der Waals surface area contributed by atoms with E-state index < -0.39 is 44.4 Å². The molecule has 212 valence electrons. The Hall–Kier alpha value is -3.61. The van der Waals surface area contributed by atoms with Gasteiger partial charge in [-0.3, -0.25) is 9.69 Å². The van der Waals surface area contributed by atoms with Crippen molar-refractivity contribution in [2.75, 3.05) is 0 Å². The van der Waals surface area contributed by atoms with Gasteiger partial charge in [-0.05, 0) is 62.6 Å². The minimum Gasteiger partial charge on any atom is -0.465 e. The van der Waals surface area contributed by atoms with E-state index >= 15 is 0 Å². The molecule has 0 aliphatic carbocycles. The second kappa shape index (κ2) is 10.5. The van der Waals surface area contributed by atoms with E-state index in [0.717, 1.165) is 29.2 Å². The van der Waals surface area contributed by atoms with E-state index in [2.05, 4.69) is 4.18 Å². The smallest absolute Gasteiger partial charge is 0.465 e. The van der Waals surface area contributed by atoms with Crippen LogP contribution in [0.1, 0.15) is 40.3 Å². The summed E-state index contributed by atoms with van der Waals surface area (Å²) in [5, 5.41) is 9.93. The molecule has 3 rings (SSSR count). The van der Waals surface area contributed by atoms with E-state index in [-0.39, 0.29) is 46.6 Å². The lowest BCUT2D eigenvalue weighted by molar-refractivity contribution is -0.0500. The van der Waals surface area contributed by atoms with Crippen LogP contribution in [-0.2, 0) is 23.2 Å². The van der Waals surface area contributed by atoms with Crippen molar-refractivity contribution in [2.24, 2.45) is 5.92 Å². The topological polar surface area (TPSA) is 106 Å². The van der Waals surface area contributed by atoms with Crippen LogP contribution < -0.4 is 9.74 Å². The third-order valence-electron chi connectivity index (χ3n) is 5.85. The molecule has 0 unspecified atom stereocenters. The van der Waals surface area contributed by atoms with Crippen molar-refractivity contribution in [3.05, 3.63) is 64.3 Å². The predicted molar refractivity (Wildman–Crippen MR) is 137 cm³/mol. The number of alkyl halides is 3. The Labute approximate surface area is 222 Å². The summed E-state index contributed by atoms with van der Waals surface area (Å²) < 4.78 is 82.3. The molecule has 8 nitrogen and oxygen atoms in total. The minimum atomic E-state index is -6.03. The number of nitrogens with zero attached hydrogens (tertiary/aromatic N) is 2. The average Bonchev–Trinajstić information content (AvgIpc) is 2.77. The van der Waals surface area contributed by atoms with E-state index in [0.29, 0.717) is 0 Å². The molecular formula is C26H28F4N2O6S. The molecule has 0 fully saturated rings. The highest BCUT2D eigenvalue weighted by molar-refractivity contribution is 7.88. The van der Waals surface area contributed by atoms with Crippen molar-refractivity contribution in [3.8, 4) is 16.9 Å². The Morgan fingerprint density at radius 2 is 1.72 bits per heavy atom. The quantitative estimate of drug-likeness (QED) is 0.212. The van der Waals surface area contributed by atoms with Crippen molar-refractivity contribution in [2.45, 2.75) is 58.8 Å². The molecular weight excluding hydrogens is 544 g/mol. The zero-order valence-electron chi connectivity index (χ0n) is 21.8. The van der Waals surface area contributed by atoms with Gasteiger partial charge in [0, 0.05) is 34.1 Å². The monoisotopic (exact) mass is 572 g/mol. The van der Waals surface area contributed by atoms with E-state index in [1.54, 1.807) is 20.8 Å². The van der Waals surface area contributed by atoms with E-state index in [1.807, 2.05) is 13.8 Å². The lowest BCUT2D eigenvalue weighted by Gasteiger charge is -2.35. The first kappa shape index (κ1) is 29.9.